The Morgan fingerprint density at radius 3 is 2.88 bits per heavy atom. The maximum Gasteiger partial charge on any atom is 0.274 e. The topological polar surface area (TPSA) is 82.5 Å². The Balaban J connectivity index is 1.61. The van der Waals surface area contributed by atoms with Crippen molar-refractivity contribution in [2.75, 3.05) is 11.4 Å². The largest absolute Gasteiger partial charge is 0.310 e. The lowest BCUT2D eigenvalue weighted by Gasteiger charge is -2.33. The number of hydrogen-bond donors (Lipinski definition) is 2. The molecular formula is C20H21N3O3. The second-order valence-electron chi connectivity index (χ2n) is 7.20. The number of aromatic nitrogens is 1. The third-order valence-corrected chi connectivity index (χ3v) is 5.75. The Hall–Kier alpha value is -2.73. The molecule has 6 heteroatoms. The smallest absolute Gasteiger partial charge is 0.274 e. The minimum atomic E-state index is -0.511. The molecule has 0 bridgehead atoms. The quantitative estimate of drug-likeness (QED) is 0.643. The van der Waals surface area contributed by atoms with Crippen molar-refractivity contribution in [1.29, 1.82) is 0 Å². The van der Waals surface area contributed by atoms with E-state index in [0.717, 1.165) is 41.8 Å². The summed E-state index contributed by atoms with van der Waals surface area (Å²) in [4.78, 5) is 31.1. The summed E-state index contributed by atoms with van der Waals surface area (Å²) in [5, 5.41) is 8.80. The molecule has 2 aliphatic rings. The summed E-state index contributed by atoms with van der Waals surface area (Å²) in [5.41, 5.74) is 5.71. The number of hydrogen-bond acceptors (Lipinski definition) is 4. The Labute approximate surface area is 151 Å². The van der Waals surface area contributed by atoms with E-state index < -0.39 is 5.91 Å². The Bertz CT molecular complexity index is 896. The van der Waals surface area contributed by atoms with Gasteiger partial charge in [-0.1, -0.05) is 6.07 Å². The number of aryl methyl sites for hydroxylation is 2. The molecule has 1 aromatic heterocycles. The fourth-order valence-electron chi connectivity index (χ4n) is 4.27. The Morgan fingerprint density at radius 2 is 2.12 bits per heavy atom. The summed E-state index contributed by atoms with van der Waals surface area (Å²) in [6.45, 7) is 2.64. The van der Waals surface area contributed by atoms with E-state index in [1.54, 1.807) is 17.7 Å². The van der Waals surface area contributed by atoms with Crippen molar-refractivity contribution in [3.8, 4) is 0 Å². The number of carbonyl (C=O) groups excluding carboxylic acids is 2. The average Bonchev–Trinajstić information content (AvgIpc) is 2.97. The number of hydroxylamine groups is 1. The molecule has 6 nitrogen and oxygen atoms in total. The highest BCUT2D eigenvalue weighted by molar-refractivity contribution is 6.00. The first kappa shape index (κ1) is 16.7. The van der Waals surface area contributed by atoms with Gasteiger partial charge in [-0.05, 0) is 68.0 Å². The fourth-order valence-corrected chi connectivity index (χ4v) is 4.27. The lowest BCUT2D eigenvalue weighted by molar-refractivity contribution is -0.126. The van der Waals surface area contributed by atoms with Crippen molar-refractivity contribution in [3.05, 3.63) is 58.9 Å². The van der Waals surface area contributed by atoms with Crippen LogP contribution in [0.4, 0.5) is 5.69 Å². The van der Waals surface area contributed by atoms with E-state index in [9.17, 15) is 9.59 Å². The number of pyridine rings is 1. The zero-order valence-corrected chi connectivity index (χ0v) is 14.7. The number of rotatable bonds is 2. The van der Waals surface area contributed by atoms with E-state index in [1.807, 2.05) is 36.1 Å². The van der Waals surface area contributed by atoms with Crippen LogP contribution in [0.3, 0.4) is 0 Å². The molecule has 2 heterocycles. The average molecular weight is 351 g/mol. The lowest BCUT2D eigenvalue weighted by Crippen LogP contribution is -2.39. The molecule has 2 aromatic rings. The van der Waals surface area contributed by atoms with Crippen molar-refractivity contribution < 1.29 is 14.8 Å². The first-order valence-corrected chi connectivity index (χ1v) is 8.84. The second kappa shape index (κ2) is 6.21. The van der Waals surface area contributed by atoms with E-state index >= 15 is 0 Å². The van der Waals surface area contributed by atoms with Crippen LogP contribution >= 0.6 is 0 Å². The minimum absolute atomic E-state index is 0.177. The molecule has 26 heavy (non-hydrogen) atoms. The van der Waals surface area contributed by atoms with E-state index in [1.165, 1.54) is 0 Å². The van der Waals surface area contributed by atoms with Crippen LogP contribution in [-0.2, 0) is 17.6 Å². The van der Waals surface area contributed by atoms with Crippen LogP contribution in [0.5, 0.6) is 0 Å². The van der Waals surface area contributed by atoms with Gasteiger partial charge < -0.3 is 4.90 Å². The number of nitrogens with one attached hydrogen (secondary N) is 1. The second-order valence-corrected chi connectivity index (χ2v) is 7.20. The van der Waals surface area contributed by atoms with Gasteiger partial charge in [-0.2, -0.15) is 0 Å². The number of amides is 2. The van der Waals surface area contributed by atoms with Crippen LogP contribution in [0.1, 0.15) is 40.0 Å². The SMILES string of the molecule is Cc1ncccc1N1CC[C@@]2(CCc3cc(C(=O)NO)ccc3C2)C1=O. The van der Waals surface area contributed by atoms with Gasteiger partial charge in [-0.15, -0.1) is 0 Å². The summed E-state index contributed by atoms with van der Waals surface area (Å²) < 4.78 is 0. The van der Waals surface area contributed by atoms with Crippen LogP contribution < -0.4 is 10.4 Å². The summed E-state index contributed by atoms with van der Waals surface area (Å²) in [5.74, 6) is -0.334. The highest BCUT2D eigenvalue weighted by atomic mass is 16.5. The number of anilines is 1. The zero-order chi connectivity index (χ0) is 18.3. The standard InChI is InChI=1S/C20H21N3O3/c1-13-17(3-2-9-21-13)23-10-8-20(19(23)25)7-6-14-11-15(18(24)22-26)4-5-16(14)12-20/h2-5,9,11,26H,6-8,10,12H2,1H3,(H,22,24)/t20-/m1/s1. The maximum absolute atomic E-state index is 13.3. The molecule has 1 aliphatic heterocycles. The van der Waals surface area contributed by atoms with Crippen molar-refractivity contribution in [2.45, 2.75) is 32.6 Å². The number of benzene rings is 1. The lowest BCUT2D eigenvalue weighted by atomic mass is 9.70. The van der Waals surface area contributed by atoms with Gasteiger partial charge in [0.1, 0.15) is 0 Å². The molecule has 2 N–H and O–H groups in total. The zero-order valence-electron chi connectivity index (χ0n) is 14.7. The molecule has 1 aliphatic carbocycles. The van der Waals surface area contributed by atoms with Crippen molar-refractivity contribution in [3.63, 3.8) is 0 Å². The van der Waals surface area contributed by atoms with E-state index in [-0.39, 0.29) is 11.3 Å². The molecule has 1 saturated heterocycles. The molecule has 1 aromatic carbocycles. The van der Waals surface area contributed by atoms with Crippen LogP contribution in [-0.4, -0.2) is 28.6 Å². The van der Waals surface area contributed by atoms with E-state index in [4.69, 9.17) is 5.21 Å². The highest BCUT2D eigenvalue weighted by Crippen LogP contribution is 2.45. The van der Waals surface area contributed by atoms with Gasteiger partial charge in [0, 0.05) is 18.3 Å². The Kier molecular flexibility index (Phi) is 4.00. The molecule has 2 amide bonds. The molecule has 0 unspecified atom stereocenters. The number of carbonyl (C=O) groups is 2. The van der Waals surface area contributed by atoms with Crippen LogP contribution in [0, 0.1) is 12.3 Å². The summed E-state index contributed by atoms with van der Waals surface area (Å²) in [6, 6.07) is 9.24. The van der Waals surface area contributed by atoms with Crippen molar-refractivity contribution in [1.82, 2.24) is 10.5 Å². The van der Waals surface area contributed by atoms with Gasteiger partial charge in [0.15, 0.2) is 0 Å². The van der Waals surface area contributed by atoms with Crippen molar-refractivity contribution in [2.24, 2.45) is 5.41 Å². The molecule has 1 spiro atoms. The van der Waals surface area contributed by atoms with Gasteiger partial charge in [0.25, 0.3) is 5.91 Å². The van der Waals surface area contributed by atoms with Gasteiger partial charge >= 0.3 is 0 Å². The molecule has 4 rings (SSSR count). The molecular weight excluding hydrogens is 330 g/mol. The molecule has 1 fully saturated rings. The molecule has 1 atom stereocenters. The molecule has 134 valence electrons. The third kappa shape index (κ3) is 2.57. The van der Waals surface area contributed by atoms with E-state index in [2.05, 4.69) is 4.98 Å². The fraction of sp³-hybridized carbons (Fsp3) is 0.350. The Morgan fingerprint density at radius 1 is 1.27 bits per heavy atom. The van der Waals surface area contributed by atoms with Gasteiger partial charge in [-0.25, -0.2) is 5.48 Å². The predicted octanol–water partition coefficient (Wildman–Crippen LogP) is 2.42. The first-order chi connectivity index (χ1) is 12.5. The monoisotopic (exact) mass is 351 g/mol. The first-order valence-electron chi connectivity index (χ1n) is 8.84. The summed E-state index contributed by atoms with van der Waals surface area (Å²) in [7, 11) is 0. The van der Waals surface area contributed by atoms with Gasteiger partial charge in [-0.3, -0.25) is 19.8 Å². The normalized spacial score (nSPS) is 21.8. The third-order valence-electron chi connectivity index (χ3n) is 5.75. The highest BCUT2D eigenvalue weighted by Gasteiger charge is 2.48. The van der Waals surface area contributed by atoms with Crippen LogP contribution in [0.2, 0.25) is 0 Å². The number of nitrogens with zero attached hydrogens (tertiary/aromatic N) is 2. The van der Waals surface area contributed by atoms with Gasteiger partial charge in [0.05, 0.1) is 16.8 Å². The summed E-state index contributed by atoms with van der Waals surface area (Å²) >= 11 is 0. The number of fused-ring (bicyclic) bond motifs is 1. The van der Waals surface area contributed by atoms with Crippen LogP contribution in [0.15, 0.2) is 36.5 Å². The molecule has 0 saturated carbocycles. The summed E-state index contributed by atoms with van der Waals surface area (Å²) in [6.07, 6.45) is 4.80. The molecule has 0 radical (unpaired) electrons. The maximum atomic E-state index is 13.3. The van der Waals surface area contributed by atoms with E-state index in [0.29, 0.717) is 18.5 Å². The predicted molar refractivity (Wildman–Crippen MR) is 96.1 cm³/mol. The minimum Gasteiger partial charge on any atom is -0.310 e. The van der Waals surface area contributed by atoms with Crippen molar-refractivity contribution >= 4 is 17.5 Å². The van der Waals surface area contributed by atoms with Crippen LogP contribution in [0.25, 0.3) is 0 Å². The van der Waals surface area contributed by atoms with Gasteiger partial charge in [0.2, 0.25) is 5.91 Å².